The number of hydrogen-bond acceptors (Lipinski definition) is 7. The highest BCUT2D eigenvalue weighted by molar-refractivity contribution is 6.74. The van der Waals surface area contributed by atoms with Gasteiger partial charge in [-0.1, -0.05) is 102 Å². The summed E-state index contributed by atoms with van der Waals surface area (Å²) in [5.41, 5.74) is 1.24. The van der Waals surface area contributed by atoms with E-state index >= 15 is 0 Å². The molecule has 0 spiro atoms. The van der Waals surface area contributed by atoms with Crippen LogP contribution in [0, 0.1) is 110 Å². The van der Waals surface area contributed by atoms with E-state index in [1.807, 2.05) is 0 Å². The molecule has 0 bridgehead atoms. The predicted octanol–water partition coefficient (Wildman–Crippen LogP) is 13.9. The number of aliphatic hydroxyl groups excluding tert-OH is 2. The molecule has 0 heterocycles. The van der Waals surface area contributed by atoms with E-state index in [-0.39, 0.29) is 40.0 Å². The van der Waals surface area contributed by atoms with Crippen molar-refractivity contribution in [2.24, 2.45) is 110 Å². The number of fused-ring (bicyclic) bond motifs is 10. The minimum absolute atomic E-state index is 0.0391. The zero-order chi connectivity index (χ0) is 49.4. The maximum atomic E-state index is 12.2. The van der Waals surface area contributed by atoms with Crippen LogP contribution in [0.1, 0.15) is 199 Å². The third kappa shape index (κ3) is 9.26. The normalized spacial score (nSPS) is 47.9. The van der Waals surface area contributed by atoms with Crippen LogP contribution >= 0.6 is 0 Å². The second-order valence-corrected chi connectivity index (χ2v) is 32.8. The Balaban J connectivity index is 0.000000203. The Hall–Kier alpha value is -0.963. The predicted molar refractivity (Wildman–Crippen MR) is 274 cm³/mol. The van der Waals surface area contributed by atoms with Crippen LogP contribution in [-0.2, 0) is 23.5 Å². The van der Waals surface area contributed by atoms with Crippen molar-refractivity contribution in [3.8, 4) is 0 Å². The number of aliphatic hydroxyl groups is 2. The van der Waals surface area contributed by atoms with Gasteiger partial charge in [-0.25, -0.2) is 0 Å². The zero-order valence-electron chi connectivity index (χ0n) is 46.1. The number of methoxy groups -OCH3 is 2. The van der Waals surface area contributed by atoms with Crippen molar-refractivity contribution in [1.29, 1.82) is 0 Å². The first kappa shape index (κ1) is 53.8. The van der Waals surface area contributed by atoms with Crippen molar-refractivity contribution in [2.75, 3.05) is 14.2 Å². The van der Waals surface area contributed by atoms with Gasteiger partial charge in [0.25, 0.3) is 0 Å². The number of carbonyl (C=O) groups excluding carboxylic acids is 2. The fraction of sp³-hybridized carbons (Fsp3) is 0.966. The Morgan fingerprint density at radius 3 is 1.52 bits per heavy atom. The van der Waals surface area contributed by atoms with Crippen LogP contribution in [0.15, 0.2) is 0 Å². The molecule has 386 valence electrons. The molecule has 8 heteroatoms. The SMILES string of the molecule is CC[C@@H]1C2C[C@H](C)CC[C@]2(C)C2CC[C@@]3(C)C(CC[C@@H]3[C@H](C)CC(=O)OC)C2[C@@H]1O[Si](C)(C)C(C)(C)C.CC[C@@H]1C2C[C@H](O)CC[C@]2(C)C2CC[C@@]3(C)C(CC[C@@H]3[C@H](C)CC(=O)OC)C2[C@@H]1O. The second kappa shape index (κ2) is 19.8. The van der Waals surface area contributed by atoms with E-state index in [1.165, 1.54) is 91.3 Å². The van der Waals surface area contributed by atoms with Crippen molar-refractivity contribution >= 4 is 20.3 Å². The average molecular weight is 954 g/mol. The first-order valence-corrected chi connectivity index (χ1v) is 31.4. The van der Waals surface area contributed by atoms with E-state index < -0.39 is 8.32 Å². The molecule has 7 nitrogen and oxygen atoms in total. The number of carbonyl (C=O) groups is 2. The van der Waals surface area contributed by atoms with Gasteiger partial charge >= 0.3 is 11.9 Å². The first-order valence-electron chi connectivity index (χ1n) is 28.4. The molecule has 0 aromatic heterocycles. The Kier molecular flexibility index (Phi) is 15.9. The monoisotopic (exact) mass is 953 g/mol. The molecule has 8 unspecified atom stereocenters. The molecule has 67 heavy (non-hydrogen) atoms. The second-order valence-electron chi connectivity index (χ2n) is 28.1. The lowest BCUT2D eigenvalue weighted by molar-refractivity contribution is -0.203. The third-order valence-corrected chi connectivity index (χ3v) is 28.7. The molecule has 0 aromatic carbocycles. The van der Waals surface area contributed by atoms with Gasteiger partial charge in [0.05, 0.1) is 32.5 Å². The van der Waals surface area contributed by atoms with Gasteiger partial charge < -0.3 is 24.1 Å². The molecule has 0 aromatic rings. The Morgan fingerprint density at radius 1 is 0.612 bits per heavy atom. The van der Waals surface area contributed by atoms with Gasteiger partial charge in [0, 0.05) is 12.8 Å². The highest BCUT2D eigenvalue weighted by Gasteiger charge is 2.67. The van der Waals surface area contributed by atoms with Gasteiger partial charge in [-0.15, -0.1) is 0 Å². The summed E-state index contributed by atoms with van der Waals surface area (Å²) in [4.78, 5) is 24.2. The van der Waals surface area contributed by atoms with E-state index in [0.717, 1.165) is 49.4 Å². The number of hydrogen-bond donors (Lipinski definition) is 2. The molecule has 8 rings (SSSR count). The average Bonchev–Trinajstić information content (AvgIpc) is 3.81. The summed E-state index contributed by atoms with van der Waals surface area (Å²) in [5, 5.41) is 22.4. The molecule has 0 aliphatic heterocycles. The van der Waals surface area contributed by atoms with Crippen molar-refractivity contribution < 1.29 is 33.7 Å². The number of rotatable bonds is 10. The molecule has 2 N–H and O–H groups in total. The van der Waals surface area contributed by atoms with E-state index in [0.29, 0.717) is 94.9 Å². The Labute approximate surface area is 412 Å². The van der Waals surface area contributed by atoms with Crippen LogP contribution in [0.5, 0.6) is 0 Å². The highest BCUT2D eigenvalue weighted by atomic mass is 28.4. The van der Waals surface area contributed by atoms with Gasteiger partial charge in [0.2, 0.25) is 0 Å². The quantitative estimate of drug-likeness (QED) is 0.166. The fourth-order valence-corrected chi connectivity index (χ4v) is 21.1. The standard InChI is InChI=1S/C33H60O3Si.C26H44O4/c1-12-23-27-19-21(2)15-17-33(27,8)26-16-18-32(7)24(22(3)20-28(34)35-9)13-14-25(32)29(26)30(23)36-37(10,11)31(4,5)6;1-6-17-21-14-16(27)9-11-26(21,4)20-10-12-25(3)18(15(2)13-22(28)30-5)7-8-19(25)23(20)24(17)29/h21-27,29-30H,12-20H2,1-11H3;15-21,23-24,27,29H,6-14H2,1-5H3/t21-,22-,23-,24-,25?,26?,27?,29?,30-,32-,33-;15-,16-,17-,18-,19?,20?,21?,23?,24-,25-,26-/m11/s1. The first-order chi connectivity index (χ1) is 31.3. The van der Waals surface area contributed by atoms with Crippen LogP contribution < -0.4 is 0 Å². The van der Waals surface area contributed by atoms with E-state index in [1.54, 1.807) is 0 Å². The molecule has 0 amide bonds. The van der Waals surface area contributed by atoms with Gasteiger partial charge in [-0.3, -0.25) is 9.59 Å². The van der Waals surface area contributed by atoms with Gasteiger partial charge in [0.1, 0.15) is 0 Å². The van der Waals surface area contributed by atoms with Crippen molar-refractivity contribution in [3.63, 3.8) is 0 Å². The van der Waals surface area contributed by atoms with Crippen LogP contribution in [0.4, 0.5) is 0 Å². The van der Waals surface area contributed by atoms with E-state index in [2.05, 4.69) is 96.2 Å². The maximum absolute atomic E-state index is 12.2. The van der Waals surface area contributed by atoms with Gasteiger partial charge in [-0.05, 0) is 212 Å². The van der Waals surface area contributed by atoms with Gasteiger partial charge in [0.15, 0.2) is 8.32 Å². The van der Waals surface area contributed by atoms with Crippen molar-refractivity contribution in [3.05, 3.63) is 0 Å². The van der Waals surface area contributed by atoms with Gasteiger partial charge in [-0.2, -0.15) is 0 Å². The smallest absolute Gasteiger partial charge is 0.305 e. The lowest BCUT2D eigenvalue weighted by atomic mass is 9.41. The zero-order valence-corrected chi connectivity index (χ0v) is 47.1. The summed E-state index contributed by atoms with van der Waals surface area (Å²) >= 11 is 0. The minimum Gasteiger partial charge on any atom is -0.469 e. The summed E-state index contributed by atoms with van der Waals surface area (Å²) in [5.74, 6) is 8.49. The molecule has 8 fully saturated rings. The molecule has 8 aliphatic carbocycles. The van der Waals surface area contributed by atoms with E-state index in [4.69, 9.17) is 13.9 Å². The molecule has 0 saturated heterocycles. The molecule has 22 atom stereocenters. The lowest BCUT2D eigenvalue weighted by Crippen LogP contribution is -2.64. The number of esters is 2. The maximum Gasteiger partial charge on any atom is 0.305 e. The summed E-state index contributed by atoms with van der Waals surface area (Å²) in [6, 6.07) is 0. The summed E-state index contributed by atoms with van der Waals surface area (Å²) in [7, 11) is 1.11. The van der Waals surface area contributed by atoms with Crippen LogP contribution in [-0.4, -0.2) is 63.0 Å². The Bertz CT molecular complexity index is 1730. The molecule has 0 radical (unpaired) electrons. The molecular formula is C59H104O7Si. The number of ether oxygens (including phenoxy) is 2. The van der Waals surface area contributed by atoms with Crippen molar-refractivity contribution in [2.45, 2.75) is 235 Å². The molecular weight excluding hydrogens is 849 g/mol. The minimum atomic E-state index is -1.92. The molecule has 8 aliphatic rings. The third-order valence-electron chi connectivity index (χ3n) is 24.2. The lowest BCUT2D eigenvalue weighted by Gasteiger charge is -2.66. The van der Waals surface area contributed by atoms with E-state index in [9.17, 15) is 19.8 Å². The fourth-order valence-electron chi connectivity index (χ4n) is 19.7. The largest absolute Gasteiger partial charge is 0.469 e. The van der Waals surface area contributed by atoms with Crippen LogP contribution in [0.2, 0.25) is 18.1 Å². The Morgan fingerprint density at radius 2 is 1.04 bits per heavy atom. The van der Waals surface area contributed by atoms with Crippen molar-refractivity contribution in [1.82, 2.24) is 0 Å². The molecule has 8 saturated carbocycles. The van der Waals surface area contributed by atoms with Crippen LogP contribution in [0.25, 0.3) is 0 Å². The highest BCUT2D eigenvalue weighted by Crippen LogP contribution is 2.72. The topological polar surface area (TPSA) is 102 Å². The summed E-state index contributed by atoms with van der Waals surface area (Å²) in [6.07, 6.45) is 20.4. The van der Waals surface area contributed by atoms with Crippen LogP contribution in [0.3, 0.4) is 0 Å². The summed E-state index contributed by atoms with van der Waals surface area (Å²) in [6.45, 7) is 34.2. The summed E-state index contributed by atoms with van der Waals surface area (Å²) < 4.78 is 17.7.